The summed E-state index contributed by atoms with van der Waals surface area (Å²) in [5.41, 5.74) is 5.94. The molecule has 1 aromatic rings. The molecule has 0 unspecified atom stereocenters. The van der Waals surface area contributed by atoms with E-state index >= 15 is 0 Å². The Balaban J connectivity index is 1.95. The van der Waals surface area contributed by atoms with Crippen molar-refractivity contribution in [1.29, 1.82) is 0 Å². The Bertz CT molecular complexity index is 546. The van der Waals surface area contributed by atoms with Crippen LogP contribution in [0.25, 0.3) is 0 Å². The van der Waals surface area contributed by atoms with E-state index in [-0.39, 0.29) is 18.2 Å². The fourth-order valence-electron chi connectivity index (χ4n) is 2.22. The van der Waals surface area contributed by atoms with Gasteiger partial charge in [-0.25, -0.2) is 0 Å². The maximum absolute atomic E-state index is 12.1. The van der Waals surface area contributed by atoms with Crippen molar-refractivity contribution < 1.29 is 14.3 Å². The van der Waals surface area contributed by atoms with Gasteiger partial charge in [-0.3, -0.25) is 9.59 Å². The molecule has 0 spiro atoms. The molecule has 1 fully saturated rings. The third-order valence-corrected chi connectivity index (χ3v) is 3.62. The van der Waals surface area contributed by atoms with E-state index in [0.717, 1.165) is 0 Å². The van der Waals surface area contributed by atoms with E-state index in [2.05, 4.69) is 5.32 Å². The zero-order valence-electron chi connectivity index (χ0n) is 11.9. The molecule has 0 saturated carbocycles. The molecule has 8 heteroatoms. The molecule has 2 rings (SSSR count). The van der Waals surface area contributed by atoms with E-state index in [1.807, 2.05) is 0 Å². The lowest BCUT2D eigenvalue weighted by atomic mass is 10.1. The van der Waals surface area contributed by atoms with Crippen molar-refractivity contribution in [2.24, 2.45) is 5.73 Å². The van der Waals surface area contributed by atoms with Gasteiger partial charge in [0.1, 0.15) is 6.10 Å². The zero-order valence-corrected chi connectivity index (χ0v) is 13.4. The number of morpholine rings is 1. The first-order valence-electron chi connectivity index (χ1n) is 6.86. The monoisotopic (exact) mass is 345 g/mol. The van der Waals surface area contributed by atoms with E-state index in [1.165, 1.54) is 0 Å². The minimum Gasteiger partial charge on any atom is -0.366 e. The number of amides is 2. The summed E-state index contributed by atoms with van der Waals surface area (Å²) in [5.74, 6) is -0.553. The first kappa shape index (κ1) is 17.0. The van der Waals surface area contributed by atoms with E-state index in [4.69, 9.17) is 33.7 Å². The maximum Gasteiger partial charge on any atom is 0.252 e. The van der Waals surface area contributed by atoms with Crippen LogP contribution in [-0.4, -0.2) is 49.1 Å². The minimum atomic E-state index is -0.782. The summed E-state index contributed by atoms with van der Waals surface area (Å²) < 4.78 is 5.38. The number of anilines is 1. The summed E-state index contributed by atoms with van der Waals surface area (Å²) in [5, 5.41) is 3.49. The summed E-state index contributed by atoms with van der Waals surface area (Å²) in [6, 6.07) is 4.72. The number of ether oxygens (including phenoxy) is 1. The van der Waals surface area contributed by atoms with Crippen molar-refractivity contribution in [2.45, 2.75) is 12.5 Å². The number of carbonyl (C=O) groups excluding carboxylic acids is 2. The number of hydrogen-bond acceptors (Lipinski definition) is 4. The van der Waals surface area contributed by atoms with Gasteiger partial charge in [-0.05, 0) is 18.2 Å². The Morgan fingerprint density at radius 1 is 1.36 bits per heavy atom. The molecular weight excluding hydrogens is 329 g/mol. The summed E-state index contributed by atoms with van der Waals surface area (Å²) in [6.45, 7) is 1.74. The Labute approximate surface area is 138 Å². The van der Waals surface area contributed by atoms with Crippen LogP contribution in [0, 0.1) is 0 Å². The van der Waals surface area contributed by atoms with Crippen molar-refractivity contribution in [2.75, 3.05) is 31.6 Å². The van der Waals surface area contributed by atoms with Crippen molar-refractivity contribution in [3.05, 3.63) is 28.2 Å². The highest BCUT2D eigenvalue weighted by Crippen LogP contribution is 2.23. The molecule has 1 atom stereocenters. The molecule has 1 aliphatic heterocycles. The standard InChI is InChI=1S/C14H17Cl2N3O3/c15-9-5-10(16)7-11(6-9)18-13(20)8-12-14(21)19(2-1-17)3-4-22-12/h5-7,12H,1-4,8,17H2,(H,18,20)/t12-/m0/s1. The van der Waals surface area contributed by atoms with Gasteiger partial charge in [-0.1, -0.05) is 23.2 Å². The molecule has 6 nitrogen and oxygen atoms in total. The second-order valence-electron chi connectivity index (χ2n) is 4.88. The Morgan fingerprint density at radius 2 is 2.05 bits per heavy atom. The van der Waals surface area contributed by atoms with Gasteiger partial charge in [0.25, 0.3) is 5.91 Å². The van der Waals surface area contributed by atoms with E-state index in [9.17, 15) is 9.59 Å². The molecule has 1 aromatic carbocycles. The first-order chi connectivity index (χ1) is 10.5. The molecule has 1 aliphatic rings. The van der Waals surface area contributed by atoms with Gasteiger partial charge in [-0.15, -0.1) is 0 Å². The normalized spacial score (nSPS) is 18.4. The predicted octanol–water partition coefficient (Wildman–Crippen LogP) is 1.51. The van der Waals surface area contributed by atoms with Crippen LogP contribution in [0.1, 0.15) is 6.42 Å². The third kappa shape index (κ3) is 4.58. The molecule has 0 radical (unpaired) electrons. The lowest BCUT2D eigenvalue weighted by molar-refractivity contribution is -0.154. The molecule has 2 amide bonds. The van der Waals surface area contributed by atoms with Crippen LogP contribution in [-0.2, 0) is 14.3 Å². The Morgan fingerprint density at radius 3 is 2.68 bits per heavy atom. The number of carbonyl (C=O) groups is 2. The van der Waals surface area contributed by atoms with Crippen LogP contribution in [0.5, 0.6) is 0 Å². The van der Waals surface area contributed by atoms with Gasteiger partial charge in [0.05, 0.1) is 13.0 Å². The molecule has 1 saturated heterocycles. The summed E-state index contributed by atoms with van der Waals surface area (Å²) >= 11 is 11.7. The highest BCUT2D eigenvalue weighted by molar-refractivity contribution is 6.35. The average molecular weight is 346 g/mol. The highest BCUT2D eigenvalue weighted by Gasteiger charge is 2.30. The first-order valence-corrected chi connectivity index (χ1v) is 7.61. The van der Waals surface area contributed by atoms with Gasteiger partial charge < -0.3 is 20.7 Å². The SMILES string of the molecule is NCCN1CCO[C@@H](CC(=O)Nc2cc(Cl)cc(Cl)c2)C1=O. The number of nitrogens with one attached hydrogen (secondary N) is 1. The van der Waals surface area contributed by atoms with Crippen LogP contribution in [0.15, 0.2) is 18.2 Å². The van der Waals surface area contributed by atoms with E-state index in [0.29, 0.717) is 42.0 Å². The van der Waals surface area contributed by atoms with Crippen molar-refractivity contribution in [3.63, 3.8) is 0 Å². The second-order valence-corrected chi connectivity index (χ2v) is 5.76. The number of hydrogen-bond donors (Lipinski definition) is 2. The highest BCUT2D eigenvalue weighted by atomic mass is 35.5. The van der Waals surface area contributed by atoms with Crippen LogP contribution in [0.3, 0.4) is 0 Å². The fraction of sp³-hybridized carbons (Fsp3) is 0.429. The van der Waals surface area contributed by atoms with Crippen molar-refractivity contribution in [3.8, 4) is 0 Å². The Kier molecular flexibility index (Phi) is 6.02. The molecule has 0 aromatic heterocycles. The topological polar surface area (TPSA) is 84.7 Å². The smallest absolute Gasteiger partial charge is 0.252 e. The number of halogens is 2. The van der Waals surface area contributed by atoms with Crippen LogP contribution >= 0.6 is 23.2 Å². The van der Waals surface area contributed by atoms with E-state index in [1.54, 1.807) is 23.1 Å². The van der Waals surface area contributed by atoms with Gasteiger partial charge in [0.2, 0.25) is 5.91 Å². The second kappa shape index (κ2) is 7.78. The quantitative estimate of drug-likeness (QED) is 0.846. The van der Waals surface area contributed by atoms with Crippen LogP contribution in [0.4, 0.5) is 5.69 Å². The summed E-state index contributed by atoms with van der Waals surface area (Å²) in [4.78, 5) is 25.8. The van der Waals surface area contributed by atoms with Gasteiger partial charge in [0.15, 0.2) is 0 Å². The molecule has 3 N–H and O–H groups in total. The largest absolute Gasteiger partial charge is 0.366 e. The molecule has 22 heavy (non-hydrogen) atoms. The zero-order chi connectivity index (χ0) is 16.1. The average Bonchev–Trinajstić information content (AvgIpc) is 2.42. The number of benzene rings is 1. The van der Waals surface area contributed by atoms with Crippen molar-refractivity contribution in [1.82, 2.24) is 4.90 Å². The number of nitrogens with zero attached hydrogens (tertiary/aromatic N) is 1. The number of nitrogens with two attached hydrogens (primary N) is 1. The van der Waals surface area contributed by atoms with Gasteiger partial charge in [0, 0.05) is 35.4 Å². The van der Waals surface area contributed by atoms with Crippen LogP contribution < -0.4 is 11.1 Å². The van der Waals surface area contributed by atoms with Crippen LogP contribution in [0.2, 0.25) is 10.0 Å². The molecule has 120 valence electrons. The third-order valence-electron chi connectivity index (χ3n) is 3.18. The lowest BCUT2D eigenvalue weighted by Crippen LogP contribution is -2.50. The minimum absolute atomic E-state index is 0.0654. The summed E-state index contributed by atoms with van der Waals surface area (Å²) in [7, 11) is 0. The van der Waals surface area contributed by atoms with Gasteiger partial charge >= 0.3 is 0 Å². The van der Waals surface area contributed by atoms with Gasteiger partial charge in [-0.2, -0.15) is 0 Å². The Hall–Kier alpha value is -1.34. The maximum atomic E-state index is 12.1. The predicted molar refractivity (Wildman–Crippen MR) is 85.1 cm³/mol. The summed E-state index contributed by atoms with van der Waals surface area (Å²) in [6.07, 6.45) is -0.848. The van der Waals surface area contributed by atoms with Crippen molar-refractivity contribution >= 4 is 40.7 Å². The van der Waals surface area contributed by atoms with E-state index < -0.39 is 6.10 Å². The lowest BCUT2D eigenvalue weighted by Gasteiger charge is -2.31. The molecule has 0 bridgehead atoms. The molecular formula is C14H17Cl2N3O3. The number of rotatable bonds is 5. The molecule has 0 aliphatic carbocycles. The molecule has 1 heterocycles. The fourth-order valence-corrected chi connectivity index (χ4v) is 2.75.